The molecule has 0 saturated carbocycles. The van der Waals surface area contributed by atoms with Crippen LogP contribution in [-0.2, 0) is 13.0 Å². The molecule has 0 bridgehead atoms. The van der Waals surface area contributed by atoms with Crippen molar-refractivity contribution in [1.29, 1.82) is 0 Å². The fourth-order valence-electron chi connectivity index (χ4n) is 3.25. The Bertz CT molecular complexity index is 652. The quantitative estimate of drug-likeness (QED) is 0.856. The standard InChI is InChI=1S/C18H27N3/c1-18(2,19(3)4)13-21-12-10-15-14-7-6-11-20(5)16(14)8-9-17(15)21/h8-10,12H,6-7,11,13H2,1-5H3. The van der Waals surface area contributed by atoms with Gasteiger partial charge in [-0.2, -0.15) is 0 Å². The van der Waals surface area contributed by atoms with Gasteiger partial charge in [-0.15, -0.1) is 0 Å². The predicted octanol–water partition coefficient (Wildman–Crippen LogP) is 3.36. The van der Waals surface area contributed by atoms with Gasteiger partial charge >= 0.3 is 0 Å². The van der Waals surface area contributed by atoms with Crippen LogP contribution in [-0.4, -0.2) is 42.7 Å². The van der Waals surface area contributed by atoms with E-state index in [-0.39, 0.29) is 5.54 Å². The van der Waals surface area contributed by atoms with Gasteiger partial charge in [-0.25, -0.2) is 0 Å². The Balaban J connectivity index is 2.04. The van der Waals surface area contributed by atoms with E-state index in [0.717, 1.165) is 6.54 Å². The van der Waals surface area contributed by atoms with E-state index < -0.39 is 0 Å². The molecule has 1 aliphatic heterocycles. The summed E-state index contributed by atoms with van der Waals surface area (Å²) < 4.78 is 2.41. The second-order valence-electron chi connectivity index (χ2n) is 7.17. The van der Waals surface area contributed by atoms with Crippen molar-refractivity contribution in [2.45, 2.75) is 38.8 Å². The van der Waals surface area contributed by atoms with E-state index in [2.05, 4.69) is 73.8 Å². The highest BCUT2D eigenvalue weighted by atomic mass is 15.2. The van der Waals surface area contributed by atoms with Crippen LogP contribution in [0.2, 0.25) is 0 Å². The Labute approximate surface area is 128 Å². The molecule has 21 heavy (non-hydrogen) atoms. The highest BCUT2D eigenvalue weighted by molar-refractivity contribution is 5.89. The van der Waals surface area contributed by atoms with Crippen LogP contribution in [0.15, 0.2) is 24.4 Å². The number of aromatic nitrogens is 1. The fourth-order valence-corrected chi connectivity index (χ4v) is 3.25. The van der Waals surface area contributed by atoms with E-state index in [9.17, 15) is 0 Å². The molecule has 0 amide bonds. The number of benzene rings is 1. The molecule has 3 nitrogen and oxygen atoms in total. The first-order chi connectivity index (χ1) is 9.90. The van der Waals surface area contributed by atoms with Gasteiger partial charge in [-0.3, -0.25) is 0 Å². The molecular weight excluding hydrogens is 258 g/mol. The summed E-state index contributed by atoms with van der Waals surface area (Å²) >= 11 is 0. The average molecular weight is 285 g/mol. The molecule has 0 fully saturated rings. The van der Waals surface area contributed by atoms with E-state index in [1.807, 2.05) is 0 Å². The summed E-state index contributed by atoms with van der Waals surface area (Å²) in [6.07, 6.45) is 4.72. The summed E-state index contributed by atoms with van der Waals surface area (Å²) in [5.41, 5.74) is 4.47. The van der Waals surface area contributed by atoms with Crippen LogP contribution in [0.1, 0.15) is 25.8 Å². The maximum Gasteiger partial charge on any atom is 0.0485 e. The highest BCUT2D eigenvalue weighted by Crippen LogP contribution is 2.33. The lowest BCUT2D eigenvalue weighted by Crippen LogP contribution is -2.41. The largest absolute Gasteiger partial charge is 0.374 e. The number of hydrogen-bond donors (Lipinski definition) is 0. The van der Waals surface area contributed by atoms with Gasteiger partial charge in [0.2, 0.25) is 0 Å². The maximum absolute atomic E-state index is 2.41. The van der Waals surface area contributed by atoms with Crippen LogP contribution in [0.5, 0.6) is 0 Å². The molecule has 3 rings (SSSR count). The molecule has 1 aromatic heterocycles. The molecule has 0 atom stereocenters. The molecule has 0 radical (unpaired) electrons. The summed E-state index contributed by atoms with van der Waals surface area (Å²) in [6, 6.07) is 6.90. The minimum Gasteiger partial charge on any atom is -0.374 e. The first-order valence-corrected chi connectivity index (χ1v) is 7.89. The van der Waals surface area contributed by atoms with Gasteiger partial charge in [0.05, 0.1) is 0 Å². The third kappa shape index (κ3) is 2.44. The number of fused-ring (bicyclic) bond motifs is 3. The maximum atomic E-state index is 2.41. The van der Waals surface area contributed by atoms with Crippen LogP contribution in [0.4, 0.5) is 5.69 Å². The lowest BCUT2D eigenvalue weighted by molar-refractivity contribution is 0.171. The monoisotopic (exact) mass is 285 g/mol. The van der Waals surface area contributed by atoms with Crippen LogP contribution < -0.4 is 4.90 Å². The lowest BCUT2D eigenvalue weighted by atomic mass is 9.98. The third-order valence-electron chi connectivity index (χ3n) is 5.14. The topological polar surface area (TPSA) is 11.4 Å². The van der Waals surface area contributed by atoms with Gasteiger partial charge in [0.25, 0.3) is 0 Å². The van der Waals surface area contributed by atoms with Crippen molar-refractivity contribution in [2.75, 3.05) is 32.6 Å². The van der Waals surface area contributed by atoms with Crippen molar-refractivity contribution in [3.63, 3.8) is 0 Å². The number of anilines is 1. The summed E-state index contributed by atoms with van der Waals surface area (Å²) in [7, 11) is 6.51. The van der Waals surface area contributed by atoms with E-state index in [1.54, 1.807) is 0 Å². The first kappa shape index (κ1) is 14.5. The Morgan fingerprint density at radius 1 is 1.19 bits per heavy atom. The summed E-state index contributed by atoms with van der Waals surface area (Å²) in [4.78, 5) is 4.68. The first-order valence-electron chi connectivity index (χ1n) is 7.89. The van der Waals surface area contributed by atoms with Gasteiger partial charge in [0, 0.05) is 48.5 Å². The van der Waals surface area contributed by atoms with Gasteiger partial charge in [-0.05, 0) is 64.5 Å². The van der Waals surface area contributed by atoms with Crippen molar-refractivity contribution in [2.24, 2.45) is 0 Å². The molecule has 3 heteroatoms. The van der Waals surface area contributed by atoms with Crippen LogP contribution in [0.3, 0.4) is 0 Å². The molecule has 0 spiro atoms. The normalized spacial score (nSPS) is 15.8. The zero-order chi connectivity index (χ0) is 15.2. The van der Waals surface area contributed by atoms with Crippen molar-refractivity contribution in [1.82, 2.24) is 9.47 Å². The SMILES string of the molecule is CN1CCCc2c1ccc1c2ccn1CC(C)(C)N(C)C. The van der Waals surface area contributed by atoms with E-state index >= 15 is 0 Å². The van der Waals surface area contributed by atoms with Crippen LogP contribution >= 0.6 is 0 Å². The van der Waals surface area contributed by atoms with Gasteiger partial charge < -0.3 is 14.4 Å². The van der Waals surface area contributed by atoms with E-state index in [4.69, 9.17) is 0 Å². The van der Waals surface area contributed by atoms with E-state index in [0.29, 0.717) is 0 Å². The molecular formula is C18H27N3. The summed E-state index contributed by atoms with van der Waals surface area (Å²) in [5.74, 6) is 0. The summed E-state index contributed by atoms with van der Waals surface area (Å²) in [5, 5.41) is 1.44. The number of likely N-dealkylation sites (N-methyl/N-ethyl adjacent to an activating group) is 1. The molecule has 114 valence electrons. The molecule has 0 unspecified atom stereocenters. The van der Waals surface area contributed by atoms with Gasteiger partial charge in [-0.1, -0.05) is 0 Å². The third-order valence-corrected chi connectivity index (χ3v) is 5.14. The Hall–Kier alpha value is -1.48. The Morgan fingerprint density at radius 3 is 2.67 bits per heavy atom. The number of hydrogen-bond acceptors (Lipinski definition) is 2. The van der Waals surface area contributed by atoms with E-state index in [1.165, 1.54) is 41.5 Å². The Kier molecular flexibility index (Phi) is 3.48. The molecule has 2 heterocycles. The molecule has 0 saturated heterocycles. The second kappa shape index (κ2) is 5.06. The molecule has 0 aliphatic carbocycles. The predicted molar refractivity (Wildman–Crippen MR) is 91.3 cm³/mol. The molecule has 1 aromatic carbocycles. The number of rotatable bonds is 3. The summed E-state index contributed by atoms with van der Waals surface area (Å²) in [6.45, 7) is 6.78. The highest BCUT2D eigenvalue weighted by Gasteiger charge is 2.23. The van der Waals surface area contributed by atoms with Gasteiger partial charge in [0.15, 0.2) is 0 Å². The fraction of sp³-hybridized carbons (Fsp3) is 0.556. The van der Waals surface area contributed by atoms with Gasteiger partial charge in [0.1, 0.15) is 0 Å². The Morgan fingerprint density at radius 2 is 1.95 bits per heavy atom. The van der Waals surface area contributed by atoms with Crippen molar-refractivity contribution >= 4 is 16.6 Å². The molecule has 2 aromatic rings. The van der Waals surface area contributed by atoms with Crippen molar-refractivity contribution in [3.8, 4) is 0 Å². The average Bonchev–Trinajstić information content (AvgIpc) is 2.82. The number of nitrogens with zero attached hydrogens (tertiary/aromatic N) is 3. The minimum absolute atomic E-state index is 0.151. The van der Waals surface area contributed by atoms with Crippen LogP contribution in [0.25, 0.3) is 10.9 Å². The smallest absolute Gasteiger partial charge is 0.0485 e. The second-order valence-corrected chi connectivity index (χ2v) is 7.17. The molecule has 1 aliphatic rings. The zero-order valence-electron chi connectivity index (χ0n) is 14.0. The molecule has 0 N–H and O–H groups in total. The zero-order valence-corrected chi connectivity index (χ0v) is 14.0. The lowest BCUT2D eigenvalue weighted by Gasteiger charge is -2.33. The van der Waals surface area contributed by atoms with Crippen LogP contribution in [0, 0.1) is 0 Å². The van der Waals surface area contributed by atoms with Crippen molar-refractivity contribution < 1.29 is 0 Å². The van der Waals surface area contributed by atoms with Crippen molar-refractivity contribution in [3.05, 3.63) is 30.0 Å². The minimum atomic E-state index is 0.151. The number of aryl methyl sites for hydroxylation is 1.